The van der Waals surface area contributed by atoms with E-state index in [2.05, 4.69) is 4.84 Å². The van der Waals surface area contributed by atoms with Crippen LogP contribution in [0.2, 0.25) is 0 Å². The van der Waals surface area contributed by atoms with Gasteiger partial charge in [-0.3, -0.25) is 4.79 Å². The summed E-state index contributed by atoms with van der Waals surface area (Å²) in [5.74, 6) is -0.337. The molecule has 1 aromatic rings. The molecule has 94 valence electrons. The van der Waals surface area contributed by atoms with Crippen molar-refractivity contribution in [3.63, 3.8) is 0 Å². The highest BCUT2D eigenvalue weighted by Crippen LogP contribution is 2.11. The molecule has 1 rings (SSSR count). The summed E-state index contributed by atoms with van der Waals surface area (Å²) in [6, 6.07) is 9.15. The van der Waals surface area contributed by atoms with Crippen LogP contribution in [0, 0.1) is 0 Å². The molecule has 0 bridgehead atoms. The summed E-state index contributed by atoms with van der Waals surface area (Å²) in [4.78, 5) is 14.3. The van der Waals surface area contributed by atoms with Crippen LogP contribution in [0.25, 0.3) is 0 Å². The number of benzene rings is 1. The molecule has 1 aromatic carbocycles. The van der Waals surface area contributed by atoms with Gasteiger partial charge in [0, 0.05) is 0 Å². The molecule has 0 spiro atoms. The molecule has 0 unspecified atom stereocenters. The van der Waals surface area contributed by atoms with E-state index in [0.717, 1.165) is 5.56 Å². The van der Waals surface area contributed by atoms with Crippen LogP contribution in [-0.4, -0.2) is 17.6 Å². The zero-order chi connectivity index (χ0) is 12.9. The quantitative estimate of drug-likeness (QED) is 0.664. The number of carbonyl (C=O) groups excluding carboxylic acids is 1. The topological polar surface area (TPSA) is 38.3 Å². The lowest BCUT2D eigenvalue weighted by atomic mass is 10.1. The molecule has 1 N–H and O–H groups in total. The van der Waals surface area contributed by atoms with E-state index in [9.17, 15) is 4.79 Å². The lowest BCUT2D eigenvalue weighted by molar-refractivity contribution is -0.156. The van der Waals surface area contributed by atoms with Crippen LogP contribution in [-0.2, 0) is 16.0 Å². The maximum absolute atomic E-state index is 11.8. The van der Waals surface area contributed by atoms with Crippen LogP contribution < -0.4 is 4.84 Å². The van der Waals surface area contributed by atoms with Gasteiger partial charge in [-0.05, 0) is 44.5 Å². The first-order chi connectivity index (χ1) is 7.92. The van der Waals surface area contributed by atoms with Gasteiger partial charge in [0.15, 0.2) is 0 Å². The molecular weight excluding hydrogens is 238 g/mol. The molecule has 4 heteroatoms. The fraction of sp³-hybridized carbons (Fsp3) is 0.462. The van der Waals surface area contributed by atoms with Crippen LogP contribution in [0.4, 0.5) is 0 Å². The van der Waals surface area contributed by atoms with Crippen LogP contribution in [0.3, 0.4) is 0 Å². The Kier molecular flexibility index (Phi) is 4.97. The van der Waals surface area contributed by atoms with Crippen LogP contribution in [0.5, 0.6) is 0 Å². The van der Waals surface area contributed by atoms with E-state index < -0.39 is 11.6 Å². The normalized spacial score (nSPS) is 13.2. The molecule has 0 saturated heterocycles. The van der Waals surface area contributed by atoms with Crippen molar-refractivity contribution in [2.24, 2.45) is 0 Å². The molecule has 0 saturated carbocycles. The minimum atomic E-state index is -0.529. The highest BCUT2D eigenvalue weighted by atomic mass is 35.5. The van der Waals surface area contributed by atoms with E-state index >= 15 is 0 Å². The molecular formula is C13H18ClNO2. The largest absolute Gasteiger partial charge is 0.459 e. The molecule has 0 aliphatic carbocycles. The maximum atomic E-state index is 11.8. The standard InChI is InChI=1S/C13H18ClNO2/c1-13(2,3)17-12(16)11(15-14)9-10-7-5-4-6-8-10/h4-8,11,15H,9H2,1-3H3/t11-/m1/s1. The fourth-order valence-corrected chi connectivity index (χ4v) is 1.56. The van der Waals surface area contributed by atoms with Crippen molar-refractivity contribution >= 4 is 17.7 Å². The Morgan fingerprint density at radius 3 is 2.41 bits per heavy atom. The Balaban J connectivity index is 2.63. The number of rotatable bonds is 4. The maximum Gasteiger partial charge on any atom is 0.325 e. The third-order valence-corrected chi connectivity index (χ3v) is 2.37. The molecule has 0 heterocycles. The van der Waals surface area contributed by atoms with Crippen molar-refractivity contribution in [3.8, 4) is 0 Å². The molecule has 0 fully saturated rings. The Labute approximate surface area is 107 Å². The second-order valence-corrected chi connectivity index (χ2v) is 5.10. The first-order valence-electron chi connectivity index (χ1n) is 5.55. The van der Waals surface area contributed by atoms with Gasteiger partial charge in [0.1, 0.15) is 11.6 Å². The van der Waals surface area contributed by atoms with Gasteiger partial charge in [-0.25, -0.2) is 4.84 Å². The zero-order valence-electron chi connectivity index (χ0n) is 10.4. The van der Waals surface area contributed by atoms with Crippen molar-refractivity contribution < 1.29 is 9.53 Å². The minimum Gasteiger partial charge on any atom is -0.459 e. The van der Waals surface area contributed by atoms with Gasteiger partial charge in [-0.2, -0.15) is 0 Å². The predicted molar refractivity (Wildman–Crippen MR) is 68.8 cm³/mol. The average Bonchev–Trinajstić information content (AvgIpc) is 2.24. The molecule has 0 aliphatic rings. The minimum absolute atomic E-state index is 0.337. The van der Waals surface area contributed by atoms with Crippen LogP contribution in [0.15, 0.2) is 30.3 Å². The predicted octanol–water partition coefficient (Wildman–Crippen LogP) is 2.68. The third-order valence-electron chi connectivity index (χ3n) is 2.11. The Hall–Kier alpha value is -1.06. The van der Waals surface area contributed by atoms with Gasteiger partial charge < -0.3 is 4.74 Å². The van der Waals surface area contributed by atoms with E-state index in [-0.39, 0.29) is 5.97 Å². The molecule has 1 atom stereocenters. The molecule has 3 nitrogen and oxygen atoms in total. The van der Waals surface area contributed by atoms with Gasteiger partial charge in [0.2, 0.25) is 0 Å². The van der Waals surface area contributed by atoms with Gasteiger partial charge >= 0.3 is 5.97 Å². The highest BCUT2D eigenvalue weighted by Gasteiger charge is 2.24. The van der Waals surface area contributed by atoms with Crippen molar-refractivity contribution in [1.82, 2.24) is 4.84 Å². The summed E-state index contributed by atoms with van der Waals surface area (Å²) in [5.41, 5.74) is 0.538. The van der Waals surface area contributed by atoms with Crippen molar-refractivity contribution in [2.75, 3.05) is 0 Å². The molecule has 17 heavy (non-hydrogen) atoms. The number of carbonyl (C=O) groups is 1. The lowest BCUT2D eigenvalue weighted by Crippen LogP contribution is -2.39. The van der Waals surface area contributed by atoms with E-state index in [0.29, 0.717) is 6.42 Å². The molecule has 0 amide bonds. The summed E-state index contributed by atoms with van der Waals surface area (Å²) in [6.07, 6.45) is 0.513. The number of hydrogen-bond acceptors (Lipinski definition) is 3. The van der Waals surface area contributed by atoms with E-state index in [1.54, 1.807) is 0 Å². The first-order valence-corrected chi connectivity index (χ1v) is 5.93. The number of hydrogen-bond donors (Lipinski definition) is 1. The molecule has 0 radical (unpaired) electrons. The van der Waals surface area contributed by atoms with Crippen molar-refractivity contribution in [3.05, 3.63) is 35.9 Å². The smallest absolute Gasteiger partial charge is 0.325 e. The second-order valence-electron chi connectivity index (χ2n) is 4.88. The van der Waals surface area contributed by atoms with E-state index in [1.807, 2.05) is 51.1 Å². The second kappa shape index (κ2) is 6.03. The lowest BCUT2D eigenvalue weighted by Gasteiger charge is -2.23. The number of halogens is 1. The Morgan fingerprint density at radius 1 is 1.35 bits per heavy atom. The SMILES string of the molecule is CC(C)(C)OC(=O)[C@@H](Cc1ccccc1)NCl. The van der Waals surface area contributed by atoms with Crippen molar-refractivity contribution in [1.29, 1.82) is 0 Å². The number of ether oxygens (including phenoxy) is 1. The Bertz CT molecular complexity index is 359. The fourth-order valence-electron chi connectivity index (χ4n) is 1.39. The van der Waals surface area contributed by atoms with E-state index in [1.165, 1.54) is 0 Å². The molecule has 0 aromatic heterocycles. The van der Waals surface area contributed by atoms with Gasteiger partial charge in [-0.15, -0.1) is 0 Å². The summed E-state index contributed by atoms with van der Waals surface area (Å²) in [6.45, 7) is 5.50. The zero-order valence-corrected chi connectivity index (χ0v) is 11.1. The van der Waals surface area contributed by atoms with Crippen LogP contribution >= 0.6 is 11.8 Å². The third kappa shape index (κ3) is 5.20. The van der Waals surface area contributed by atoms with Crippen LogP contribution in [0.1, 0.15) is 26.3 Å². The summed E-state index contributed by atoms with van der Waals surface area (Å²) >= 11 is 5.59. The number of nitrogens with one attached hydrogen (secondary N) is 1. The van der Waals surface area contributed by atoms with Crippen molar-refractivity contribution in [2.45, 2.75) is 38.8 Å². The number of esters is 1. The Morgan fingerprint density at radius 2 is 1.94 bits per heavy atom. The van der Waals surface area contributed by atoms with E-state index in [4.69, 9.17) is 16.5 Å². The van der Waals surface area contributed by atoms with Gasteiger partial charge in [0.25, 0.3) is 0 Å². The summed E-state index contributed by atoms with van der Waals surface area (Å²) in [5, 5.41) is 0. The summed E-state index contributed by atoms with van der Waals surface area (Å²) < 4.78 is 5.28. The van der Waals surface area contributed by atoms with Gasteiger partial charge in [0.05, 0.1) is 0 Å². The average molecular weight is 256 g/mol. The molecule has 0 aliphatic heterocycles. The van der Waals surface area contributed by atoms with Gasteiger partial charge in [-0.1, -0.05) is 30.3 Å². The summed E-state index contributed by atoms with van der Waals surface area (Å²) in [7, 11) is 0. The highest BCUT2D eigenvalue weighted by molar-refractivity contribution is 6.14. The monoisotopic (exact) mass is 255 g/mol. The first kappa shape index (κ1) is 14.0.